The predicted molar refractivity (Wildman–Crippen MR) is 73.6 cm³/mol. The van der Waals surface area contributed by atoms with Gasteiger partial charge in [0.1, 0.15) is 0 Å². The number of fused-ring (bicyclic) bond motifs is 1. The number of nitro benzene ring substituents is 1. The highest BCUT2D eigenvalue weighted by Crippen LogP contribution is 2.48. The molecule has 1 aliphatic heterocycles. The minimum atomic E-state index is -0.660. The Morgan fingerprint density at radius 1 is 1.42 bits per heavy atom. The summed E-state index contributed by atoms with van der Waals surface area (Å²) in [6.45, 7) is 7.26. The van der Waals surface area contributed by atoms with Crippen LogP contribution in [0.25, 0.3) is 0 Å². The van der Waals surface area contributed by atoms with Crippen molar-refractivity contribution in [3.8, 4) is 0 Å². The van der Waals surface area contributed by atoms with Crippen molar-refractivity contribution in [1.29, 1.82) is 0 Å². The molecule has 1 aromatic rings. The number of aryl methyl sites for hydroxylation is 1. The molecule has 19 heavy (non-hydrogen) atoms. The third-order valence-corrected chi connectivity index (χ3v) is 4.29. The van der Waals surface area contributed by atoms with Gasteiger partial charge in [0, 0.05) is 29.4 Å². The standard InChI is InChI=1S/C14H18N2O3/c1-6-14(4)11-9(3)12(16(18)19)8(2)7-10(11)15(5)13(14)17/h7H,6H2,1-5H3. The van der Waals surface area contributed by atoms with Gasteiger partial charge in [0.15, 0.2) is 0 Å². The molecule has 1 atom stereocenters. The molecule has 1 heterocycles. The van der Waals surface area contributed by atoms with Crippen molar-refractivity contribution < 1.29 is 9.72 Å². The second-order valence-corrected chi connectivity index (χ2v) is 5.37. The number of hydrogen-bond acceptors (Lipinski definition) is 3. The van der Waals surface area contributed by atoms with E-state index in [1.165, 1.54) is 0 Å². The lowest BCUT2D eigenvalue weighted by molar-refractivity contribution is -0.386. The third kappa shape index (κ3) is 1.57. The molecule has 102 valence electrons. The van der Waals surface area contributed by atoms with Gasteiger partial charge in [0.05, 0.1) is 10.3 Å². The summed E-state index contributed by atoms with van der Waals surface area (Å²) in [6.07, 6.45) is 0.629. The molecule has 0 saturated heterocycles. The van der Waals surface area contributed by atoms with Crippen molar-refractivity contribution in [1.82, 2.24) is 0 Å². The van der Waals surface area contributed by atoms with Crippen molar-refractivity contribution in [2.45, 2.75) is 39.5 Å². The number of benzene rings is 1. The number of hydrogen-bond donors (Lipinski definition) is 0. The number of rotatable bonds is 2. The van der Waals surface area contributed by atoms with Crippen LogP contribution in [-0.4, -0.2) is 17.9 Å². The van der Waals surface area contributed by atoms with Gasteiger partial charge in [-0.15, -0.1) is 0 Å². The van der Waals surface area contributed by atoms with Crippen molar-refractivity contribution in [3.63, 3.8) is 0 Å². The van der Waals surface area contributed by atoms with Gasteiger partial charge in [0.25, 0.3) is 5.69 Å². The quantitative estimate of drug-likeness (QED) is 0.608. The highest BCUT2D eigenvalue weighted by atomic mass is 16.6. The first kappa shape index (κ1) is 13.5. The van der Waals surface area contributed by atoms with E-state index >= 15 is 0 Å². The minimum Gasteiger partial charge on any atom is -0.314 e. The molecule has 0 bridgehead atoms. The molecule has 0 saturated carbocycles. The number of nitro groups is 1. The molecule has 5 heteroatoms. The van der Waals surface area contributed by atoms with E-state index in [0.29, 0.717) is 17.5 Å². The molecule has 0 aliphatic carbocycles. The second kappa shape index (κ2) is 4.05. The smallest absolute Gasteiger partial charge is 0.275 e. The van der Waals surface area contributed by atoms with E-state index < -0.39 is 5.41 Å². The van der Waals surface area contributed by atoms with Gasteiger partial charge in [0.2, 0.25) is 5.91 Å². The minimum absolute atomic E-state index is 0.00741. The average Bonchev–Trinajstić information content (AvgIpc) is 2.52. The zero-order valence-corrected chi connectivity index (χ0v) is 11.9. The lowest BCUT2D eigenvalue weighted by Crippen LogP contribution is -2.35. The molecule has 0 N–H and O–H groups in total. The van der Waals surface area contributed by atoms with Crippen LogP contribution in [0.5, 0.6) is 0 Å². The van der Waals surface area contributed by atoms with Crippen molar-refractivity contribution in [2.24, 2.45) is 0 Å². The maximum atomic E-state index is 12.4. The lowest BCUT2D eigenvalue weighted by Gasteiger charge is -2.22. The van der Waals surface area contributed by atoms with E-state index in [2.05, 4.69) is 0 Å². The molecule has 5 nitrogen and oxygen atoms in total. The summed E-state index contributed by atoms with van der Waals surface area (Å²) in [5, 5.41) is 11.2. The molecular formula is C14H18N2O3. The van der Waals surface area contributed by atoms with Gasteiger partial charge < -0.3 is 4.90 Å². The van der Waals surface area contributed by atoms with Crippen LogP contribution >= 0.6 is 0 Å². The summed E-state index contributed by atoms with van der Waals surface area (Å²) < 4.78 is 0. The van der Waals surface area contributed by atoms with Crippen LogP contribution in [0.3, 0.4) is 0 Å². The Labute approximate surface area is 112 Å². The number of amides is 1. The number of anilines is 1. The zero-order chi connectivity index (χ0) is 14.5. The first-order valence-electron chi connectivity index (χ1n) is 6.33. The Bertz CT molecular complexity index is 595. The van der Waals surface area contributed by atoms with Crippen LogP contribution in [0.15, 0.2) is 6.07 Å². The number of likely N-dealkylation sites (N-methyl/N-ethyl adjacent to an activating group) is 1. The fourth-order valence-electron chi connectivity index (χ4n) is 3.11. The first-order chi connectivity index (χ1) is 8.75. The van der Waals surface area contributed by atoms with Crippen molar-refractivity contribution >= 4 is 17.3 Å². The van der Waals surface area contributed by atoms with E-state index in [1.807, 2.05) is 13.8 Å². The zero-order valence-electron chi connectivity index (χ0n) is 11.9. The van der Waals surface area contributed by atoms with Gasteiger partial charge >= 0.3 is 0 Å². The van der Waals surface area contributed by atoms with Crippen molar-refractivity contribution in [2.75, 3.05) is 11.9 Å². The Kier molecular flexibility index (Phi) is 2.88. The Morgan fingerprint density at radius 3 is 2.47 bits per heavy atom. The van der Waals surface area contributed by atoms with E-state index in [9.17, 15) is 14.9 Å². The summed E-state index contributed by atoms with van der Waals surface area (Å²) in [7, 11) is 1.73. The summed E-state index contributed by atoms with van der Waals surface area (Å²) in [4.78, 5) is 24.9. The summed E-state index contributed by atoms with van der Waals surface area (Å²) >= 11 is 0. The third-order valence-electron chi connectivity index (χ3n) is 4.29. The maximum Gasteiger partial charge on any atom is 0.275 e. The lowest BCUT2D eigenvalue weighted by atomic mass is 9.78. The number of nitrogens with zero attached hydrogens (tertiary/aromatic N) is 2. The molecule has 1 aromatic carbocycles. The SMILES string of the molecule is CCC1(C)C(=O)N(C)c2cc(C)c([N+](=O)[O-])c(C)c21. The molecule has 0 aromatic heterocycles. The fraction of sp³-hybridized carbons (Fsp3) is 0.500. The highest BCUT2D eigenvalue weighted by molar-refractivity contribution is 6.08. The van der Waals surface area contributed by atoms with E-state index in [4.69, 9.17) is 0 Å². The molecule has 1 unspecified atom stereocenters. The van der Waals surface area contributed by atoms with Crippen molar-refractivity contribution in [3.05, 3.63) is 32.9 Å². The van der Waals surface area contributed by atoms with E-state index in [1.54, 1.807) is 31.9 Å². The number of carbonyl (C=O) groups excluding carboxylic acids is 1. The molecule has 2 rings (SSSR count). The summed E-state index contributed by atoms with van der Waals surface area (Å²) in [5.41, 5.74) is 2.28. The topological polar surface area (TPSA) is 63.5 Å². The van der Waals surface area contributed by atoms with Crippen LogP contribution in [0.2, 0.25) is 0 Å². The average molecular weight is 262 g/mol. The van der Waals surface area contributed by atoms with Gasteiger partial charge in [-0.05, 0) is 33.3 Å². The summed E-state index contributed by atoms with van der Waals surface area (Å²) in [5.74, 6) is 0.00741. The largest absolute Gasteiger partial charge is 0.314 e. The molecule has 1 aliphatic rings. The maximum absolute atomic E-state index is 12.4. The first-order valence-corrected chi connectivity index (χ1v) is 6.33. The molecule has 0 spiro atoms. The normalized spacial score (nSPS) is 21.7. The van der Waals surface area contributed by atoms with Crippen LogP contribution in [0.1, 0.15) is 37.0 Å². The molecular weight excluding hydrogens is 244 g/mol. The van der Waals surface area contributed by atoms with Crippen LogP contribution < -0.4 is 4.90 Å². The van der Waals surface area contributed by atoms with Gasteiger partial charge in [-0.25, -0.2) is 0 Å². The van der Waals surface area contributed by atoms with E-state index in [-0.39, 0.29) is 16.5 Å². The van der Waals surface area contributed by atoms with Crippen LogP contribution in [0, 0.1) is 24.0 Å². The summed E-state index contributed by atoms with van der Waals surface area (Å²) in [6, 6.07) is 1.75. The van der Waals surface area contributed by atoms with E-state index in [0.717, 1.165) is 11.3 Å². The Hall–Kier alpha value is -1.91. The van der Waals surface area contributed by atoms with Gasteiger partial charge in [-0.1, -0.05) is 6.92 Å². The number of carbonyl (C=O) groups is 1. The van der Waals surface area contributed by atoms with Gasteiger partial charge in [-0.3, -0.25) is 14.9 Å². The Balaban J connectivity index is 2.86. The second-order valence-electron chi connectivity index (χ2n) is 5.37. The Morgan fingerprint density at radius 2 is 2.00 bits per heavy atom. The van der Waals surface area contributed by atoms with Gasteiger partial charge in [-0.2, -0.15) is 0 Å². The monoisotopic (exact) mass is 262 g/mol. The molecule has 0 radical (unpaired) electrons. The van der Waals surface area contributed by atoms with Crippen LogP contribution in [0.4, 0.5) is 11.4 Å². The predicted octanol–water partition coefficient (Wildman–Crippen LogP) is 2.86. The fourth-order valence-corrected chi connectivity index (χ4v) is 3.11. The highest BCUT2D eigenvalue weighted by Gasteiger charge is 2.47. The molecule has 0 fully saturated rings. The molecule has 1 amide bonds. The van der Waals surface area contributed by atoms with Crippen LogP contribution in [-0.2, 0) is 10.2 Å².